The molecule has 6 nitrogen and oxygen atoms in total. The fraction of sp³-hybridized carbons (Fsp3) is 0.250. The normalized spacial score (nSPS) is 13.0. The second-order valence-electron chi connectivity index (χ2n) is 5.59. The first-order valence-electron chi connectivity index (χ1n) is 7.51. The van der Waals surface area contributed by atoms with Crippen molar-refractivity contribution in [2.45, 2.75) is 31.2 Å². The summed E-state index contributed by atoms with van der Waals surface area (Å²) in [6, 6.07) is 5.77. The zero-order valence-corrected chi connectivity index (χ0v) is 15.0. The quantitative estimate of drug-likeness (QED) is 0.568. The average Bonchev–Trinajstić information content (AvgIpc) is 3.09. The van der Waals surface area contributed by atoms with Crippen LogP contribution in [0.2, 0.25) is 0 Å². The van der Waals surface area contributed by atoms with Gasteiger partial charge in [0.1, 0.15) is 10.7 Å². The van der Waals surface area contributed by atoms with E-state index in [-0.39, 0.29) is 10.8 Å². The molecule has 0 radical (unpaired) electrons. The minimum Gasteiger partial charge on any atom is -0.309 e. The average molecular weight is 357 g/mol. The third kappa shape index (κ3) is 2.42. The minimum absolute atomic E-state index is 0.0441. The Labute approximate surface area is 146 Å². The van der Waals surface area contributed by atoms with Crippen LogP contribution < -0.4 is 5.56 Å². The predicted molar refractivity (Wildman–Crippen MR) is 97.0 cm³/mol. The molecule has 122 valence electrons. The highest BCUT2D eigenvalue weighted by Crippen LogP contribution is 2.33. The fourth-order valence-electron chi connectivity index (χ4n) is 2.58. The van der Waals surface area contributed by atoms with Crippen LogP contribution in [0.4, 0.5) is 0 Å². The molecule has 0 unspecified atom stereocenters. The Morgan fingerprint density at radius 1 is 1.29 bits per heavy atom. The Hall–Kier alpha value is -2.19. The molecule has 4 aromatic heterocycles. The number of aromatic amines is 1. The number of thioether (sulfide) groups is 1. The van der Waals surface area contributed by atoms with Gasteiger partial charge >= 0.3 is 0 Å². The van der Waals surface area contributed by atoms with E-state index >= 15 is 0 Å². The largest absolute Gasteiger partial charge is 0.309 e. The van der Waals surface area contributed by atoms with Crippen molar-refractivity contribution in [3.63, 3.8) is 0 Å². The monoisotopic (exact) mass is 357 g/mol. The maximum absolute atomic E-state index is 12.4. The molecule has 0 saturated carbocycles. The lowest BCUT2D eigenvalue weighted by Crippen LogP contribution is -2.12. The molecule has 0 spiro atoms. The SMILES string of the molecule is Cc1sc2nc([C@@H](C)Sc3nnc4ccccn34)[nH]c(=O)c2c1C. The van der Waals surface area contributed by atoms with Gasteiger partial charge in [0.05, 0.1) is 10.6 Å². The van der Waals surface area contributed by atoms with Gasteiger partial charge in [-0.25, -0.2) is 4.98 Å². The van der Waals surface area contributed by atoms with E-state index in [2.05, 4.69) is 20.2 Å². The Kier molecular flexibility index (Phi) is 3.65. The van der Waals surface area contributed by atoms with Gasteiger partial charge in [0.25, 0.3) is 5.56 Å². The summed E-state index contributed by atoms with van der Waals surface area (Å²) in [4.78, 5) is 21.9. The van der Waals surface area contributed by atoms with Crippen LogP contribution in [-0.4, -0.2) is 24.6 Å². The summed E-state index contributed by atoms with van der Waals surface area (Å²) in [5.74, 6) is 0.659. The molecule has 0 fully saturated rings. The number of nitrogens with one attached hydrogen (secondary N) is 1. The molecule has 24 heavy (non-hydrogen) atoms. The van der Waals surface area contributed by atoms with Gasteiger partial charge in [0.2, 0.25) is 0 Å². The molecule has 4 aromatic rings. The van der Waals surface area contributed by atoms with Crippen molar-refractivity contribution in [1.29, 1.82) is 0 Å². The lowest BCUT2D eigenvalue weighted by Gasteiger charge is -2.09. The number of nitrogens with zero attached hydrogens (tertiary/aromatic N) is 4. The van der Waals surface area contributed by atoms with Crippen molar-refractivity contribution in [2.24, 2.45) is 0 Å². The molecule has 4 rings (SSSR count). The van der Waals surface area contributed by atoms with Crippen LogP contribution >= 0.6 is 23.1 Å². The van der Waals surface area contributed by atoms with Crippen LogP contribution in [0.5, 0.6) is 0 Å². The van der Waals surface area contributed by atoms with Gasteiger partial charge in [-0.1, -0.05) is 17.8 Å². The van der Waals surface area contributed by atoms with E-state index < -0.39 is 0 Å². The second kappa shape index (κ2) is 5.71. The maximum Gasteiger partial charge on any atom is 0.259 e. The van der Waals surface area contributed by atoms with Gasteiger partial charge in [0, 0.05) is 11.1 Å². The lowest BCUT2D eigenvalue weighted by atomic mass is 10.2. The molecule has 0 saturated heterocycles. The van der Waals surface area contributed by atoms with E-state index in [0.717, 1.165) is 26.1 Å². The number of thiophene rings is 1. The van der Waals surface area contributed by atoms with Crippen molar-refractivity contribution < 1.29 is 0 Å². The first kappa shape index (κ1) is 15.3. The molecular weight excluding hydrogens is 342 g/mol. The van der Waals surface area contributed by atoms with Crippen LogP contribution in [0.3, 0.4) is 0 Å². The molecular formula is C16H15N5OS2. The van der Waals surface area contributed by atoms with E-state index in [0.29, 0.717) is 11.2 Å². The summed E-state index contributed by atoms with van der Waals surface area (Å²) in [5.41, 5.74) is 1.74. The standard InChI is InChI=1S/C16H15N5OS2/c1-8-9(2)23-15-12(8)14(22)17-13(18-15)10(3)24-16-20-19-11-6-4-5-7-21(11)16/h4-7,10H,1-3H3,(H,17,18,22)/t10-/m1/s1. The Morgan fingerprint density at radius 3 is 2.96 bits per heavy atom. The van der Waals surface area contributed by atoms with Gasteiger partial charge in [-0.15, -0.1) is 21.5 Å². The van der Waals surface area contributed by atoms with Crippen molar-refractivity contribution >= 4 is 39.0 Å². The van der Waals surface area contributed by atoms with Crippen molar-refractivity contribution in [3.05, 3.63) is 51.0 Å². The number of fused-ring (bicyclic) bond motifs is 2. The molecule has 0 bridgehead atoms. The number of hydrogen-bond donors (Lipinski definition) is 1. The summed E-state index contributed by atoms with van der Waals surface area (Å²) in [5, 5.41) is 9.81. The topological polar surface area (TPSA) is 75.9 Å². The molecule has 0 aliphatic heterocycles. The van der Waals surface area contributed by atoms with Gasteiger partial charge in [0.15, 0.2) is 10.8 Å². The van der Waals surface area contributed by atoms with E-state index in [1.54, 1.807) is 11.3 Å². The van der Waals surface area contributed by atoms with Crippen molar-refractivity contribution in [3.8, 4) is 0 Å². The number of pyridine rings is 1. The van der Waals surface area contributed by atoms with Crippen molar-refractivity contribution in [2.75, 3.05) is 0 Å². The molecule has 0 amide bonds. The zero-order valence-electron chi connectivity index (χ0n) is 13.4. The molecule has 0 aliphatic rings. The third-order valence-corrected chi connectivity index (χ3v) is 6.17. The lowest BCUT2D eigenvalue weighted by molar-refractivity contribution is 0.884. The van der Waals surface area contributed by atoms with E-state index in [1.807, 2.05) is 49.6 Å². The predicted octanol–water partition coefficient (Wildman–Crippen LogP) is 3.50. The smallest absolute Gasteiger partial charge is 0.259 e. The van der Waals surface area contributed by atoms with Crippen LogP contribution in [0.25, 0.3) is 15.9 Å². The van der Waals surface area contributed by atoms with E-state index in [9.17, 15) is 4.79 Å². The first-order chi connectivity index (χ1) is 11.5. The Morgan fingerprint density at radius 2 is 2.12 bits per heavy atom. The van der Waals surface area contributed by atoms with E-state index in [1.165, 1.54) is 11.8 Å². The summed E-state index contributed by atoms with van der Waals surface area (Å²) < 4.78 is 1.93. The summed E-state index contributed by atoms with van der Waals surface area (Å²) in [6.45, 7) is 5.98. The number of H-pyrrole nitrogens is 1. The van der Waals surface area contributed by atoms with Gasteiger partial charge in [-0.05, 0) is 38.5 Å². The van der Waals surface area contributed by atoms with Crippen LogP contribution in [0.1, 0.15) is 28.4 Å². The second-order valence-corrected chi connectivity index (χ2v) is 8.10. The van der Waals surface area contributed by atoms with Crippen LogP contribution in [0, 0.1) is 13.8 Å². The van der Waals surface area contributed by atoms with Crippen molar-refractivity contribution in [1.82, 2.24) is 24.6 Å². The minimum atomic E-state index is -0.0737. The number of aromatic nitrogens is 5. The Bertz CT molecular complexity index is 1110. The highest BCUT2D eigenvalue weighted by Gasteiger charge is 2.18. The number of aryl methyl sites for hydroxylation is 2. The van der Waals surface area contributed by atoms with Gasteiger partial charge in [-0.2, -0.15) is 0 Å². The van der Waals surface area contributed by atoms with Gasteiger partial charge in [-0.3, -0.25) is 9.20 Å². The first-order valence-corrected chi connectivity index (χ1v) is 9.20. The molecule has 0 aromatic carbocycles. The van der Waals surface area contributed by atoms with Gasteiger partial charge < -0.3 is 4.98 Å². The third-order valence-electron chi connectivity index (χ3n) is 4.01. The van der Waals surface area contributed by atoms with Crippen LogP contribution in [-0.2, 0) is 0 Å². The van der Waals surface area contributed by atoms with Crippen LogP contribution in [0.15, 0.2) is 34.3 Å². The summed E-state index contributed by atoms with van der Waals surface area (Å²) >= 11 is 3.08. The Balaban J connectivity index is 1.73. The maximum atomic E-state index is 12.4. The zero-order chi connectivity index (χ0) is 16.8. The molecule has 0 aliphatic carbocycles. The molecule has 1 N–H and O–H groups in total. The number of hydrogen-bond acceptors (Lipinski definition) is 6. The molecule has 4 heterocycles. The summed E-state index contributed by atoms with van der Waals surface area (Å²) in [6.07, 6.45) is 1.93. The fourth-order valence-corrected chi connectivity index (χ4v) is 4.51. The molecule has 8 heteroatoms. The highest BCUT2D eigenvalue weighted by molar-refractivity contribution is 7.99. The highest BCUT2D eigenvalue weighted by atomic mass is 32.2. The number of rotatable bonds is 3. The van der Waals surface area contributed by atoms with E-state index in [4.69, 9.17) is 0 Å². The molecule has 1 atom stereocenters. The summed E-state index contributed by atoms with van der Waals surface area (Å²) in [7, 11) is 0.